The van der Waals surface area contributed by atoms with Crippen molar-refractivity contribution in [2.75, 3.05) is 19.7 Å². The van der Waals surface area contributed by atoms with Crippen LogP contribution in [-0.4, -0.2) is 36.5 Å². The monoisotopic (exact) mass is 453 g/mol. The number of esters is 1. The van der Waals surface area contributed by atoms with Crippen LogP contribution in [0, 0.1) is 11.8 Å². The van der Waals surface area contributed by atoms with Crippen LogP contribution in [0.5, 0.6) is 0 Å². The largest absolute Gasteiger partial charge is 0.466 e. The maximum absolute atomic E-state index is 13.1. The number of carbonyl (C=O) groups is 2. The number of ether oxygens (including phenoxy) is 1. The van der Waals surface area contributed by atoms with Crippen LogP contribution in [0.4, 0.5) is 0 Å². The van der Waals surface area contributed by atoms with Crippen molar-refractivity contribution in [3.8, 4) is 0 Å². The fraction of sp³-hybridized carbons (Fsp3) is 0.929. The molecule has 0 aromatic heterocycles. The number of rotatable bonds is 22. The molecule has 0 aromatic rings. The van der Waals surface area contributed by atoms with Crippen molar-refractivity contribution in [2.24, 2.45) is 11.8 Å². The summed E-state index contributed by atoms with van der Waals surface area (Å²) in [7, 11) is 0. The molecular formula is C28H55NO3. The zero-order valence-corrected chi connectivity index (χ0v) is 22.3. The van der Waals surface area contributed by atoms with E-state index in [2.05, 4.69) is 39.5 Å². The van der Waals surface area contributed by atoms with Crippen LogP contribution in [0.15, 0.2) is 0 Å². The number of carbonyl (C=O) groups excluding carboxylic acids is 2. The van der Waals surface area contributed by atoms with Crippen LogP contribution < -0.4 is 0 Å². The summed E-state index contributed by atoms with van der Waals surface area (Å²) in [4.78, 5) is 27.2. The second kappa shape index (κ2) is 21.8. The lowest BCUT2D eigenvalue weighted by Crippen LogP contribution is -2.38. The highest BCUT2D eigenvalue weighted by atomic mass is 16.5. The van der Waals surface area contributed by atoms with Crippen LogP contribution >= 0.6 is 0 Å². The Morgan fingerprint density at radius 1 is 0.656 bits per heavy atom. The predicted molar refractivity (Wildman–Crippen MR) is 137 cm³/mol. The highest BCUT2D eigenvalue weighted by Gasteiger charge is 2.21. The Morgan fingerprint density at radius 3 is 1.69 bits per heavy atom. The summed E-state index contributed by atoms with van der Waals surface area (Å²) < 4.78 is 5.32. The summed E-state index contributed by atoms with van der Waals surface area (Å²) >= 11 is 0. The van der Waals surface area contributed by atoms with E-state index in [1.807, 2.05) is 0 Å². The molecule has 1 amide bonds. The van der Waals surface area contributed by atoms with E-state index in [4.69, 9.17) is 4.74 Å². The van der Waals surface area contributed by atoms with E-state index in [0.29, 0.717) is 31.3 Å². The molecule has 4 nitrogen and oxygen atoms in total. The molecule has 0 bridgehead atoms. The second-order valence-electron chi connectivity index (χ2n) is 9.62. The smallest absolute Gasteiger partial charge is 0.305 e. The lowest BCUT2D eigenvalue weighted by Gasteiger charge is -2.31. The lowest BCUT2D eigenvalue weighted by atomic mass is 9.95. The van der Waals surface area contributed by atoms with Crippen molar-refractivity contribution < 1.29 is 14.3 Å². The lowest BCUT2D eigenvalue weighted by molar-refractivity contribution is -0.144. The van der Waals surface area contributed by atoms with Gasteiger partial charge in [-0.25, -0.2) is 0 Å². The first-order valence-electron chi connectivity index (χ1n) is 13.9. The van der Waals surface area contributed by atoms with Gasteiger partial charge in [0.1, 0.15) is 0 Å². The average molecular weight is 454 g/mol. The third kappa shape index (κ3) is 16.6. The third-order valence-corrected chi connectivity index (χ3v) is 6.68. The molecule has 0 aliphatic carbocycles. The van der Waals surface area contributed by atoms with E-state index in [9.17, 15) is 9.59 Å². The quantitative estimate of drug-likeness (QED) is 0.123. The highest BCUT2D eigenvalue weighted by molar-refractivity contribution is 5.76. The van der Waals surface area contributed by atoms with Gasteiger partial charge in [-0.1, -0.05) is 92.4 Å². The van der Waals surface area contributed by atoms with Crippen molar-refractivity contribution >= 4 is 11.9 Å². The van der Waals surface area contributed by atoms with Gasteiger partial charge in [-0.2, -0.15) is 0 Å². The van der Waals surface area contributed by atoms with E-state index < -0.39 is 0 Å². The van der Waals surface area contributed by atoms with Crippen molar-refractivity contribution in [1.82, 2.24) is 4.90 Å². The van der Waals surface area contributed by atoms with Crippen molar-refractivity contribution in [3.63, 3.8) is 0 Å². The molecule has 0 fully saturated rings. The van der Waals surface area contributed by atoms with E-state index >= 15 is 0 Å². The maximum Gasteiger partial charge on any atom is 0.305 e. The molecule has 0 N–H and O–H groups in total. The molecule has 0 aromatic carbocycles. The Balaban J connectivity index is 4.55. The molecule has 0 radical (unpaired) electrons. The zero-order valence-electron chi connectivity index (χ0n) is 22.3. The molecule has 0 saturated carbocycles. The number of hydrogen-bond acceptors (Lipinski definition) is 3. The molecule has 0 rings (SSSR count). The van der Waals surface area contributed by atoms with Gasteiger partial charge in [0, 0.05) is 25.9 Å². The summed E-state index contributed by atoms with van der Waals surface area (Å²) in [5.41, 5.74) is 0. The van der Waals surface area contributed by atoms with Gasteiger partial charge < -0.3 is 9.64 Å². The van der Waals surface area contributed by atoms with E-state index in [1.54, 1.807) is 0 Å². The molecule has 2 unspecified atom stereocenters. The van der Waals surface area contributed by atoms with Gasteiger partial charge in [-0.3, -0.25) is 9.59 Å². The minimum absolute atomic E-state index is 0.109. The van der Waals surface area contributed by atoms with Crippen LogP contribution in [-0.2, 0) is 14.3 Å². The molecule has 0 saturated heterocycles. The highest BCUT2D eigenvalue weighted by Crippen LogP contribution is 2.20. The first kappa shape index (κ1) is 30.9. The number of nitrogens with zero attached hydrogens (tertiary/aromatic N) is 1. The zero-order chi connectivity index (χ0) is 24.0. The van der Waals surface area contributed by atoms with Crippen molar-refractivity contribution in [3.05, 3.63) is 0 Å². The summed E-state index contributed by atoms with van der Waals surface area (Å²) in [5.74, 6) is 1.38. The molecule has 4 heteroatoms. The predicted octanol–water partition coefficient (Wildman–Crippen LogP) is 7.93. The summed E-state index contributed by atoms with van der Waals surface area (Å²) in [6.45, 7) is 13.5. The van der Waals surface area contributed by atoms with E-state index in [0.717, 1.165) is 51.6 Å². The van der Waals surface area contributed by atoms with Crippen LogP contribution in [0.1, 0.15) is 137 Å². The summed E-state index contributed by atoms with van der Waals surface area (Å²) in [5, 5.41) is 0. The fourth-order valence-electron chi connectivity index (χ4n) is 4.23. The number of amides is 1. The number of unbranched alkanes of at least 4 members (excludes halogenated alkanes) is 6. The van der Waals surface area contributed by atoms with Crippen molar-refractivity contribution in [1.29, 1.82) is 0 Å². The molecular weight excluding hydrogens is 398 g/mol. The Morgan fingerprint density at radius 2 is 1.19 bits per heavy atom. The average Bonchev–Trinajstić information content (AvgIpc) is 2.80. The standard InChI is InChI=1S/C28H55NO3/c1-6-11-14-17-22-32-28(31)21-16-15-20-27(30)29(23-25(9-4)18-12-7-2)24-26(10-5)19-13-8-3/h25-26H,6-24H2,1-5H3. The Bertz CT molecular complexity index is 434. The van der Waals surface area contributed by atoms with Gasteiger partial charge in [0.2, 0.25) is 5.91 Å². The van der Waals surface area contributed by atoms with Gasteiger partial charge >= 0.3 is 5.97 Å². The molecule has 2 atom stereocenters. The van der Waals surface area contributed by atoms with Crippen LogP contribution in [0.2, 0.25) is 0 Å². The normalized spacial score (nSPS) is 13.0. The van der Waals surface area contributed by atoms with Crippen molar-refractivity contribution in [2.45, 2.75) is 137 Å². The Labute approximate surface area is 200 Å². The Kier molecular flexibility index (Phi) is 21.0. The van der Waals surface area contributed by atoms with Gasteiger partial charge in [0.25, 0.3) is 0 Å². The van der Waals surface area contributed by atoms with E-state index in [1.165, 1.54) is 51.4 Å². The Hall–Kier alpha value is -1.06. The maximum atomic E-state index is 13.1. The van der Waals surface area contributed by atoms with Gasteiger partial charge in [-0.15, -0.1) is 0 Å². The first-order valence-corrected chi connectivity index (χ1v) is 13.9. The van der Waals surface area contributed by atoms with Gasteiger partial charge in [0.05, 0.1) is 6.61 Å². The van der Waals surface area contributed by atoms with E-state index in [-0.39, 0.29) is 11.9 Å². The molecule has 0 heterocycles. The van der Waals surface area contributed by atoms with Gasteiger partial charge in [0.15, 0.2) is 0 Å². The molecule has 0 spiro atoms. The van der Waals surface area contributed by atoms with Crippen LogP contribution in [0.25, 0.3) is 0 Å². The summed E-state index contributed by atoms with van der Waals surface area (Å²) in [6, 6.07) is 0. The molecule has 190 valence electrons. The first-order chi connectivity index (χ1) is 15.5. The third-order valence-electron chi connectivity index (χ3n) is 6.68. The van der Waals surface area contributed by atoms with Gasteiger partial charge in [-0.05, 0) is 43.9 Å². The number of hydrogen-bond donors (Lipinski definition) is 0. The second-order valence-corrected chi connectivity index (χ2v) is 9.62. The molecule has 0 aliphatic heterocycles. The SMILES string of the molecule is CCCCCCOC(=O)CCCCC(=O)N(CC(CC)CCCC)CC(CC)CCCC. The topological polar surface area (TPSA) is 46.6 Å². The molecule has 32 heavy (non-hydrogen) atoms. The minimum Gasteiger partial charge on any atom is -0.466 e. The molecule has 0 aliphatic rings. The summed E-state index contributed by atoms with van der Waals surface area (Å²) in [6.07, 6.45) is 16.6. The van der Waals surface area contributed by atoms with Crippen LogP contribution in [0.3, 0.4) is 0 Å². The minimum atomic E-state index is -0.109. The fourth-order valence-corrected chi connectivity index (χ4v) is 4.23.